The topological polar surface area (TPSA) is 20.3 Å². The van der Waals surface area contributed by atoms with E-state index in [1.54, 1.807) is 17.0 Å². The van der Waals surface area contributed by atoms with Crippen molar-refractivity contribution in [2.24, 2.45) is 5.92 Å². The zero-order valence-electron chi connectivity index (χ0n) is 17.2. The highest BCUT2D eigenvalue weighted by atomic mass is 19.1. The summed E-state index contributed by atoms with van der Waals surface area (Å²) in [6.45, 7) is 4.14. The van der Waals surface area contributed by atoms with Gasteiger partial charge in [0.2, 0.25) is 5.91 Å². The van der Waals surface area contributed by atoms with Gasteiger partial charge in [0.25, 0.3) is 0 Å². The fourth-order valence-corrected chi connectivity index (χ4v) is 4.25. The second kappa shape index (κ2) is 8.39. The van der Waals surface area contributed by atoms with Crippen molar-refractivity contribution in [3.05, 3.63) is 101 Å². The Balaban J connectivity index is 1.55. The van der Waals surface area contributed by atoms with Gasteiger partial charge in [0.05, 0.1) is 12.0 Å². The van der Waals surface area contributed by atoms with Crippen LogP contribution in [0.3, 0.4) is 0 Å². The van der Waals surface area contributed by atoms with Gasteiger partial charge < -0.3 is 4.90 Å². The Morgan fingerprint density at radius 3 is 2.03 bits per heavy atom. The molecule has 0 spiro atoms. The maximum absolute atomic E-state index is 13.4. The molecule has 1 aliphatic rings. The molecule has 0 aromatic heterocycles. The van der Waals surface area contributed by atoms with Crippen LogP contribution in [0.1, 0.15) is 48.4 Å². The molecule has 0 N–H and O–H groups in total. The lowest BCUT2D eigenvalue weighted by molar-refractivity contribution is -0.130. The highest BCUT2D eigenvalue weighted by Crippen LogP contribution is 2.46. The van der Waals surface area contributed by atoms with Gasteiger partial charge in [-0.15, -0.1) is 0 Å². The summed E-state index contributed by atoms with van der Waals surface area (Å²) in [5.41, 5.74) is 4.04. The number of hydrogen-bond acceptors (Lipinski definition) is 1. The molecule has 1 saturated heterocycles. The zero-order chi connectivity index (χ0) is 21.3. The minimum Gasteiger partial charge on any atom is -0.304 e. The lowest BCUT2D eigenvalue weighted by Crippen LogP contribution is -2.55. The molecule has 0 saturated carbocycles. The van der Waals surface area contributed by atoms with Crippen molar-refractivity contribution in [2.45, 2.75) is 38.6 Å². The molecule has 3 aromatic rings. The number of β-lactam (4-membered cyclic amide) rings is 1. The van der Waals surface area contributed by atoms with E-state index in [1.165, 1.54) is 29.8 Å². The van der Waals surface area contributed by atoms with Crippen molar-refractivity contribution in [2.75, 3.05) is 4.90 Å². The molecule has 0 radical (unpaired) electrons. The summed E-state index contributed by atoms with van der Waals surface area (Å²) in [4.78, 5) is 14.8. The number of hydrogen-bond donors (Lipinski definition) is 0. The van der Waals surface area contributed by atoms with Crippen LogP contribution in [0.2, 0.25) is 0 Å². The van der Waals surface area contributed by atoms with E-state index in [9.17, 15) is 13.6 Å². The molecule has 0 aliphatic carbocycles. The number of rotatable bonds is 6. The molecular formula is C26H25F2NO. The van der Waals surface area contributed by atoms with E-state index >= 15 is 0 Å². The molecular weight excluding hydrogens is 380 g/mol. The molecule has 2 nitrogen and oxygen atoms in total. The number of carbonyl (C=O) groups is 1. The Morgan fingerprint density at radius 2 is 1.43 bits per heavy atom. The normalized spacial score (nSPS) is 19.5. The smallest absolute Gasteiger partial charge is 0.233 e. The average molecular weight is 405 g/mol. The monoisotopic (exact) mass is 405 g/mol. The summed E-state index contributed by atoms with van der Waals surface area (Å²) in [5.74, 6) is -0.381. The van der Waals surface area contributed by atoms with Gasteiger partial charge in [0.15, 0.2) is 0 Å². The lowest BCUT2D eigenvalue weighted by Gasteiger charge is -2.48. The molecule has 3 aromatic carbocycles. The predicted octanol–water partition coefficient (Wildman–Crippen LogP) is 6.56. The third kappa shape index (κ3) is 4.00. The Kier molecular flexibility index (Phi) is 5.67. The van der Waals surface area contributed by atoms with Crippen molar-refractivity contribution in [3.8, 4) is 0 Å². The van der Waals surface area contributed by atoms with Gasteiger partial charge in [-0.3, -0.25) is 4.79 Å². The van der Waals surface area contributed by atoms with Gasteiger partial charge in [-0.25, -0.2) is 8.78 Å². The molecule has 0 bridgehead atoms. The molecule has 1 aliphatic heterocycles. The number of amides is 1. The number of aryl methyl sites for hydroxylation is 1. The van der Waals surface area contributed by atoms with E-state index < -0.39 is 0 Å². The quantitative estimate of drug-likeness (QED) is 0.425. The summed E-state index contributed by atoms with van der Waals surface area (Å²) in [6, 6.07) is 20.9. The van der Waals surface area contributed by atoms with E-state index in [1.807, 2.05) is 19.1 Å². The first-order chi connectivity index (χ1) is 14.4. The van der Waals surface area contributed by atoms with E-state index in [0.717, 1.165) is 29.7 Å². The van der Waals surface area contributed by atoms with E-state index in [-0.39, 0.29) is 35.4 Å². The predicted molar refractivity (Wildman–Crippen MR) is 115 cm³/mol. The Labute approximate surface area is 176 Å². The standard InChI is InChI=1S/C26H25F2NO/c1-17-3-6-20(7-4-17)25-24(16-5-18(2)19-8-10-21(27)11-9-19)26(30)29(25)23-14-12-22(28)13-15-23/h3-4,6-15,18,24-25H,5,16H2,1-2H3/t18-,24+,25+/m0/s1. The fraction of sp³-hybridized carbons (Fsp3) is 0.269. The molecule has 154 valence electrons. The van der Waals surface area contributed by atoms with Gasteiger partial charge >= 0.3 is 0 Å². The second-order valence-electron chi connectivity index (χ2n) is 8.18. The highest BCUT2D eigenvalue weighted by Gasteiger charge is 2.48. The second-order valence-corrected chi connectivity index (χ2v) is 8.18. The third-order valence-electron chi connectivity index (χ3n) is 6.09. The molecule has 4 rings (SSSR count). The van der Waals surface area contributed by atoms with Crippen molar-refractivity contribution < 1.29 is 13.6 Å². The maximum atomic E-state index is 13.4. The molecule has 0 unspecified atom stereocenters. The molecule has 4 heteroatoms. The van der Waals surface area contributed by atoms with Crippen LogP contribution >= 0.6 is 0 Å². The van der Waals surface area contributed by atoms with Crippen molar-refractivity contribution in [1.29, 1.82) is 0 Å². The van der Waals surface area contributed by atoms with Crippen LogP contribution in [0, 0.1) is 24.5 Å². The number of benzene rings is 3. The molecule has 1 heterocycles. The molecule has 30 heavy (non-hydrogen) atoms. The summed E-state index contributed by atoms with van der Waals surface area (Å²) in [6.07, 6.45) is 1.58. The summed E-state index contributed by atoms with van der Waals surface area (Å²) < 4.78 is 26.6. The Morgan fingerprint density at radius 1 is 0.867 bits per heavy atom. The van der Waals surface area contributed by atoms with E-state index in [0.29, 0.717) is 0 Å². The van der Waals surface area contributed by atoms with Crippen molar-refractivity contribution in [1.82, 2.24) is 0 Å². The van der Waals surface area contributed by atoms with Crippen LogP contribution in [0.5, 0.6) is 0 Å². The first-order valence-electron chi connectivity index (χ1n) is 10.3. The first-order valence-corrected chi connectivity index (χ1v) is 10.3. The van der Waals surface area contributed by atoms with Gasteiger partial charge in [0.1, 0.15) is 11.6 Å². The van der Waals surface area contributed by atoms with Crippen LogP contribution in [-0.4, -0.2) is 5.91 Å². The summed E-state index contributed by atoms with van der Waals surface area (Å²) in [7, 11) is 0. The van der Waals surface area contributed by atoms with Gasteiger partial charge in [-0.1, -0.05) is 48.9 Å². The largest absolute Gasteiger partial charge is 0.304 e. The minimum atomic E-state index is -0.316. The number of carbonyl (C=O) groups excluding carboxylic acids is 1. The zero-order valence-corrected chi connectivity index (χ0v) is 17.2. The summed E-state index contributed by atoms with van der Waals surface area (Å²) in [5, 5.41) is 0. The Bertz CT molecular complexity index is 1010. The lowest BCUT2D eigenvalue weighted by atomic mass is 9.77. The minimum absolute atomic E-state index is 0.0658. The van der Waals surface area contributed by atoms with Gasteiger partial charge in [-0.2, -0.15) is 0 Å². The van der Waals surface area contributed by atoms with Crippen LogP contribution in [-0.2, 0) is 4.79 Å². The maximum Gasteiger partial charge on any atom is 0.233 e. The van der Waals surface area contributed by atoms with Crippen LogP contribution in [0.15, 0.2) is 72.8 Å². The van der Waals surface area contributed by atoms with Crippen LogP contribution < -0.4 is 4.90 Å². The van der Waals surface area contributed by atoms with Gasteiger partial charge in [-0.05, 0) is 73.2 Å². The SMILES string of the molecule is Cc1ccc([C@@H]2[C@@H](CC[C@H](C)c3ccc(F)cc3)C(=O)N2c2ccc(F)cc2)cc1. The van der Waals surface area contributed by atoms with Gasteiger partial charge in [0, 0.05) is 5.69 Å². The Hall–Kier alpha value is -3.01. The van der Waals surface area contributed by atoms with Crippen LogP contribution in [0.4, 0.5) is 14.5 Å². The highest BCUT2D eigenvalue weighted by molar-refractivity contribution is 6.03. The molecule has 1 fully saturated rings. The van der Waals surface area contributed by atoms with Crippen molar-refractivity contribution >= 4 is 11.6 Å². The van der Waals surface area contributed by atoms with Crippen molar-refractivity contribution in [3.63, 3.8) is 0 Å². The van der Waals surface area contributed by atoms with Crippen LogP contribution in [0.25, 0.3) is 0 Å². The number of halogens is 2. The first kappa shape index (κ1) is 20.3. The van der Waals surface area contributed by atoms with E-state index in [2.05, 4.69) is 31.2 Å². The fourth-order valence-electron chi connectivity index (χ4n) is 4.25. The van der Waals surface area contributed by atoms with E-state index in [4.69, 9.17) is 0 Å². The molecule has 3 atom stereocenters. The number of anilines is 1. The summed E-state index contributed by atoms with van der Waals surface area (Å²) >= 11 is 0. The number of nitrogens with zero attached hydrogens (tertiary/aromatic N) is 1. The third-order valence-corrected chi connectivity index (χ3v) is 6.09. The average Bonchev–Trinajstić information content (AvgIpc) is 2.74. The molecule has 1 amide bonds.